The van der Waals surface area contributed by atoms with Crippen molar-refractivity contribution in [3.05, 3.63) is 71.8 Å². The number of piperazine rings is 1. The highest BCUT2D eigenvalue weighted by atomic mass is 19.4. The SMILES string of the molecule is CC(C)NCC(O)COc1ccc(C(=O)N2CCN(Cc3ccc(OCC(F)(F)F)cc3)CC2)c2ccccc12. The first-order valence-corrected chi connectivity index (χ1v) is 13.4. The van der Waals surface area contributed by atoms with Gasteiger partial charge in [0.25, 0.3) is 5.91 Å². The van der Waals surface area contributed by atoms with Crippen LogP contribution < -0.4 is 14.8 Å². The lowest BCUT2D eigenvalue weighted by Crippen LogP contribution is -2.48. The predicted molar refractivity (Wildman–Crippen MR) is 148 cm³/mol. The molecule has 1 saturated heterocycles. The Morgan fingerprint density at radius 3 is 2.27 bits per heavy atom. The molecule has 0 saturated carbocycles. The lowest BCUT2D eigenvalue weighted by atomic mass is 10.0. The molecule has 0 radical (unpaired) electrons. The quantitative estimate of drug-likeness (QED) is 0.361. The van der Waals surface area contributed by atoms with Crippen LogP contribution in [0, 0.1) is 0 Å². The number of carbonyl (C=O) groups excluding carboxylic acids is 1. The maximum Gasteiger partial charge on any atom is 0.422 e. The number of hydrogen-bond donors (Lipinski definition) is 2. The Hall–Kier alpha value is -3.34. The van der Waals surface area contributed by atoms with Gasteiger partial charge in [0.1, 0.15) is 24.2 Å². The average Bonchev–Trinajstić information content (AvgIpc) is 2.94. The molecule has 0 bridgehead atoms. The van der Waals surface area contributed by atoms with E-state index in [1.165, 1.54) is 0 Å². The Kier molecular flexibility index (Phi) is 9.89. The minimum absolute atomic E-state index is 0.0465. The Morgan fingerprint density at radius 1 is 0.950 bits per heavy atom. The van der Waals surface area contributed by atoms with Crippen LogP contribution in [0.15, 0.2) is 60.7 Å². The van der Waals surface area contributed by atoms with Crippen LogP contribution >= 0.6 is 0 Å². The highest BCUT2D eigenvalue weighted by Gasteiger charge is 2.28. The number of aliphatic hydroxyl groups is 1. The number of rotatable bonds is 11. The van der Waals surface area contributed by atoms with Crippen molar-refractivity contribution in [1.82, 2.24) is 15.1 Å². The van der Waals surface area contributed by atoms with E-state index in [-0.39, 0.29) is 24.3 Å². The van der Waals surface area contributed by atoms with Gasteiger partial charge in [-0.25, -0.2) is 0 Å². The number of halogens is 3. The van der Waals surface area contributed by atoms with Gasteiger partial charge in [0, 0.05) is 56.3 Å². The summed E-state index contributed by atoms with van der Waals surface area (Å²) in [5.41, 5.74) is 1.57. The number of hydrogen-bond acceptors (Lipinski definition) is 6. The smallest absolute Gasteiger partial charge is 0.422 e. The van der Waals surface area contributed by atoms with Gasteiger partial charge < -0.3 is 24.8 Å². The van der Waals surface area contributed by atoms with E-state index >= 15 is 0 Å². The number of aliphatic hydroxyl groups excluding tert-OH is 1. The van der Waals surface area contributed by atoms with Crippen molar-refractivity contribution in [2.24, 2.45) is 0 Å². The molecule has 216 valence electrons. The van der Waals surface area contributed by atoms with Gasteiger partial charge in [-0.15, -0.1) is 0 Å². The molecule has 3 aromatic carbocycles. The van der Waals surface area contributed by atoms with Crippen molar-refractivity contribution in [3.63, 3.8) is 0 Å². The third-order valence-electron chi connectivity index (χ3n) is 6.70. The average molecular weight is 560 g/mol. The van der Waals surface area contributed by atoms with E-state index in [0.717, 1.165) is 16.3 Å². The molecule has 0 spiro atoms. The summed E-state index contributed by atoms with van der Waals surface area (Å²) in [6, 6.07) is 18.1. The van der Waals surface area contributed by atoms with Gasteiger partial charge in [-0.1, -0.05) is 50.2 Å². The number of nitrogens with one attached hydrogen (secondary N) is 1. The van der Waals surface area contributed by atoms with E-state index in [0.29, 0.717) is 50.6 Å². The maximum absolute atomic E-state index is 13.5. The monoisotopic (exact) mass is 559 g/mol. The molecule has 1 amide bonds. The molecule has 0 aromatic heterocycles. The normalized spacial score (nSPS) is 15.4. The van der Waals surface area contributed by atoms with Crippen LogP contribution in [-0.2, 0) is 6.54 Å². The molecule has 2 N–H and O–H groups in total. The van der Waals surface area contributed by atoms with E-state index in [1.54, 1.807) is 36.4 Å². The predicted octanol–water partition coefficient (Wildman–Crippen LogP) is 4.48. The molecule has 1 fully saturated rings. The fourth-order valence-corrected chi connectivity index (χ4v) is 4.59. The Bertz CT molecular complexity index is 1260. The van der Waals surface area contributed by atoms with E-state index < -0.39 is 18.9 Å². The number of nitrogens with zero attached hydrogens (tertiary/aromatic N) is 2. The lowest BCUT2D eigenvalue weighted by molar-refractivity contribution is -0.153. The van der Waals surface area contributed by atoms with Crippen molar-refractivity contribution in [2.75, 3.05) is 45.9 Å². The van der Waals surface area contributed by atoms with E-state index in [4.69, 9.17) is 9.47 Å². The zero-order chi connectivity index (χ0) is 28.7. The van der Waals surface area contributed by atoms with E-state index in [9.17, 15) is 23.1 Å². The van der Waals surface area contributed by atoms with Gasteiger partial charge >= 0.3 is 6.18 Å². The molecule has 7 nitrogen and oxygen atoms in total. The van der Waals surface area contributed by atoms with Gasteiger partial charge in [0.15, 0.2) is 6.61 Å². The molecule has 10 heteroatoms. The van der Waals surface area contributed by atoms with Crippen molar-refractivity contribution in [2.45, 2.75) is 38.7 Å². The van der Waals surface area contributed by atoms with Crippen molar-refractivity contribution < 1.29 is 32.5 Å². The van der Waals surface area contributed by atoms with Crippen LogP contribution in [0.4, 0.5) is 13.2 Å². The Labute approximate surface area is 232 Å². The summed E-state index contributed by atoms with van der Waals surface area (Å²) in [4.78, 5) is 17.6. The van der Waals surface area contributed by atoms with E-state index in [2.05, 4.69) is 10.2 Å². The van der Waals surface area contributed by atoms with Crippen molar-refractivity contribution in [1.29, 1.82) is 0 Å². The third kappa shape index (κ3) is 8.33. The standard InChI is InChI=1S/C30H36F3N3O4/c1-21(2)34-17-23(37)19-39-28-12-11-27(25-5-3-4-6-26(25)28)29(38)36-15-13-35(14-16-36)18-22-7-9-24(10-8-22)40-20-30(31,32)33/h3-12,21,23,34,37H,13-20H2,1-2H3. The first-order chi connectivity index (χ1) is 19.1. The number of alkyl halides is 3. The molecule has 1 atom stereocenters. The molecule has 40 heavy (non-hydrogen) atoms. The van der Waals surface area contributed by atoms with Gasteiger partial charge in [-0.2, -0.15) is 13.2 Å². The molecule has 1 aliphatic heterocycles. The third-order valence-corrected chi connectivity index (χ3v) is 6.70. The molecule has 1 unspecified atom stereocenters. The first-order valence-electron chi connectivity index (χ1n) is 13.4. The number of ether oxygens (including phenoxy) is 2. The fraction of sp³-hybridized carbons (Fsp3) is 0.433. The van der Waals surface area contributed by atoms with Gasteiger partial charge in [-0.05, 0) is 35.2 Å². The van der Waals surface area contributed by atoms with Crippen molar-refractivity contribution in [3.8, 4) is 11.5 Å². The van der Waals surface area contributed by atoms with Crippen LogP contribution in [0.2, 0.25) is 0 Å². The number of benzene rings is 3. The van der Waals surface area contributed by atoms with Crippen LogP contribution in [0.5, 0.6) is 11.5 Å². The van der Waals surface area contributed by atoms with Gasteiger partial charge in [0.05, 0.1) is 0 Å². The summed E-state index contributed by atoms with van der Waals surface area (Å²) in [6.45, 7) is 6.40. The minimum atomic E-state index is -4.37. The summed E-state index contributed by atoms with van der Waals surface area (Å²) in [6.07, 6.45) is -5.02. The molecule has 1 aliphatic rings. The van der Waals surface area contributed by atoms with Crippen LogP contribution in [0.3, 0.4) is 0 Å². The number of amides is 1. The van der Waals surface area contributed by atoms with E-state index in [1.807, 2.05) is 43.0 Å². The zero-order valence-corrected chi connectivity index (χ0v) is 22.8. The van der Waals surface area contributed by atoms with Crippen LogP contribution in [0.1, 0.15) is 29.8 Å². The number of fused-ring (bicyclic) bond motifs is 1. The first kappa shape index (κ1) is 29.6. The second kappa shape index (κ2) is 13.3. The summed E-state index contributed by atoms with van der Waals surface area (Å²) >= 11 is 0. The number of carbonyl (C=O) groups is 1. The summed E-state index contributed by atoms with van der Waals surface area (Å²) in [5.74, 6) is 0.754. The lowest BCUT2D eigenvalue weighted by Gasteiger charge is -2.35. The minimum Gasteiger partial charge on any atom is -0.490 e. The highest BCUT2D eigenvalue weighted by Crippen LogP contribution is 2.30. The van der Waals surface area contributed by atoms with Gasteiger partial charge in [0.2, 0.25) is 0 Å². The zero-order valence-electron chi connectivity index (χ0n) is 22.8. The van der Waals surface area contributed by atoms with Crippen LogP contribution in [0.25, 0.3) is 10.8 Å². The molecule has 0 aliphatic carbocycles. The molecule has 1 heterocycles. The second-order valence-electron chi connectivity index (χ2n) is 10.3. The second-order valence-corrected chi connectivity index (χ2v) is 10.3. The Balaban J connectivity index is 1.33. The molecule has 3 aromatic rings. The molecular weight excluding hydrogens is 523 g/mol. The summed E-state index contributed by atoms with van der Waals surface area (Å²) in [7, 11) is 0. The largest absolute Gasteiger partial charge is 0.490 e. The topological polar surface area (TPSA) is 74.3 Å². The van der Waals surface area contributed by atoms with Gasteiger partial charge in [-0.3, -0.25) is 9.69 Å². The fourth-order valence-electron chi connectivity index (χ4n) is 4.59. The summed E-state index contributed by atoms with van der Waals surface area (Å²) in [5, 5.41) is 15.0. The highest BCUT2D eigenvalue weighted by molar-refractivity contribution is 6.08. The molecular formula is C30H36F3N3O4. The Morgan fingerprint density at radius 2 is 1.62 bits per heavy atom. The maximum atomic E-state index is 13.5. The molecule has 4 rings (SSSR count). The van der Waals surface area contributed by atoms with Crippen LogP contribution in [-0.4, -0.2) is 85.1 Å². The summed E-state index contributed by atoms with van der Waals surface area (Å²) < 4.78 is 47.7. The van der Waals surface area contributed by atoms with Crippen molar-refractivity contribution >= 4 is 16.7 Å².